The Morgan fingerprint density at radius 3 is 3.00 bits per heavy atom. The van der Waals surface area contributed by atoms with E-state index in [1.807, 2.05) is 25.1 Å². The van der Waals surface area contributed by atoms with E-state index in [4.69, 9.17) is 9.84 Å². The summed E-state index contributed by atoms with van der Waals surface area (Å²) in [5.41, 5.74) is 3.74. The Labute approximate surface area is 103 Å². The van der Waals surface area contributed by atoms with E-state index >= 15 is 0 Å². The molecule has 0 aliphatic carbocycles. The third-order valence-electron chi connectivity index (χ3n) is 2.20. The molecule has 2 aromatic rings. The molecule has 1 aromatic carbocycles. The SMILES string of the molecule is Cc1ncsc1-c1cccc(OCC(=O)O)c1. The molecule has 0 fully saturated rings. The number of carboxylic acid groups (broad SMARTS) is 1. The normalized spacial score (nSPS) is 10.2. The minimum atomic E-state index is -0.982. The Morgan fingerprint density at radius 1 is 1.53 bits per heavy atom. The molecular formula is C12H11NO3S. The molecule has 0 amide bonds. The Balaban J connectivity index is 2.23. The molecule has 4 nitrogen and oxygen atoms in total. The molecule has 1 aromatic heterocycles. The van der Waals surface area contributed by atoms with Crippen LogP contribution >= 0.6 is 11.3 Å². The number of aryl methyl sites for hydroxylation is 1. The molecule has 0 saturated heterocycles. The van der Waals surface area contributed by atoms with E-state index in [0.717, 1.165) is 16.1 Å². The fourth-order valence-electron chi connectivity index (χ4n) is 1.45. The van der Waals surface area contributed by atoms with Crippen molar-refractivity contribution in [1.29, 1.82) is 0 Å². The highest BCUT2D eigenvalue weighted by Gasteiger charge is 2.06. The van der Waals surface area contributed by atoms with Crippen molar-refractivity contribution in [1.82, 2.24) is 4.98 Å². The molecule has 0 spiro atoms. The minimum absolute atomic E-state index is 0.328. The standard InChI is InChI=1S/C12H11NO3S/c1-8-12(17-7-13-8)9-3-2-4-10(5-9)16-6-11(14)15/h2-5,7H,6H2,1H3,(H,14,15). The van der Waals surface area contributed by atoms with Crippen LogP contribution in [0.25, 0.3) is 10.4 Å². The number of aromatic nitrogens is 1. The van der Waals surface area contributed by atoms with Gasteiger partial charge in [0.05, 0.1) is 16.1 Å². The number of benzene rings is 1. The lowest BCUT2D eigenvalue weighted by molar-refractivity contribution is -0.139. The quantitative estimate of drug-likeness (QED) is 0.904. The smallest absolute Gasteiger partial charge is 0.341 e. The van der Waals surface area contributed by atoms with Gasteiger partial charge in [-0.3, -0.25) is 0 Å². The van der Waals surface area contributed by atoms with Crippen molar-refractivity contribution < 1.29 is 14.6 Å². The zero-order valence-electron chi connectivity index (χ0n) is 9.21. The van der Waals surface area contributed by atoms with E-state index in [2.05, 4.69) is 4.98 Å². The van der Waals surface area contributed by atoms with E-state index < -0.39 is 5.97 Å². The average Bonchev–Trinajstić information content (AvgIpc) is 2.73. The number of hydrogen-bond acceptors (Lipinski definition) is 4. The molecular weight excluding hydrogens is 238 g/mol. The molecule has 1 heterocycles. The summed E-state index contributed by atoms with van der Waals surface area (Å²) >= 11 is 1.55. The van der Waals surface area contributed by atoms with Gasteiger partial charge in [0, 0.05) is 0 Å². The van der Waals surface area contributed by atoms with Gasteiger partial charge in [-0.05, 0) is 24.6 Å². The van der Waals surface area contributed by atoms with E-state index in [1.54, 1.807) is 22.9 Å². The maximum absolute atomic E-state index is 10.4. The lowest BCUT2D eigenvalue weighted by atomic mass is 10.1. The van der Waals surface area contributed by atoms with Crippen molar-refractivity contribution in [3.8, 4) is 16.2 Å². The number of carbonyl (C=O) groups is 1. The van der Waals surface area contributed by atoms with Crippen molar-refractivity contribution in [2.45, 2.75) is 6.92 Å². The first-order valence-electron chi connectivity index (χ1n) is 5.02. The summed E-state index contributed by atoms with van der Waals surface area (Å²) in [7, 11) is 0. The Morgan fingerprint density at radius 2 is 2.35 bits per heavy atom. The first kappa shape index (κ1) is 11.6. The van der Waals surface area contributed by atoms with Crippen molar-refractivity contribution in [2.24, 2.45) is 0 Å². The number of hydrogen-bond donors (Lipinski definition) is 1. The van der Waals surface area contributed by atoms with Crippen LogP contribution in [-0.2, 0) is 4.79 Å². The van der Waals surface area contributed by atoms with E-state index in [-0.39, 0.29) is 6.61 Å². The Kier molecular flexibility index (Phi) is 3.39. The Hall–Kier alpha value is -1.88. The molecule has 0 bridgehead atoms. The van der Waals surface area contributed by atoms with Crippen molar-refractivity contribution in [3.63, 3.8) is 0 Å². The van der Waals surface area contributed by atoms with Crippen LogP contribution in [0.15, 0.2) is 29.8 Å². The lowest BCUT2D eigenvalue weighted by Gasteiger charge is -2.05. The number of carboxylic acids is 1. The molecule has 0 atom stereocenters. The van der Waals surface area contributed by atoms with Crippen LogP contribution < -0.4 is 4.74 Å². The Bertz CT molecular complexity index is 536. The summed E-state index contributed by atoms with van der Waals surface area (Å²) in [4.78, 5) is 15.7. The fraction of sp³-hybridized carbons (Fsp3) is 0.167. The summed E-state index contributed by atoms with van der Waals surface area (Å²) in [6.45, 7) is 1.61. The van der Waals surface area contributed by atoms with Gasteiger partial charge in [-0.2, -0.15) is 0 Å². The van der Waals surface area contributed by atoms with Crippen molar-refractivity contribution in [2.75, 3.05) is 6.61 Å². The second-order valence-electron chi connectivity index (χ2n) is 3.48. The van der Waals surface area contributed by atoms with Crippen molar-refractivity contribution in [3.05, 3.63) is 35.5 Å². The maximum Gasteiger partial charge on any atom is 0.341 e. The molecule has 5 heteroatoms. The van der Waals surface area contributed by atoms with Gasteiger partial charge in [0.2, 0.25) is 0 Å². The van der Waals surface area contributed by atoms with Crippen molar-refractivity contribution >= 4 is 17.3 Å². The largest absolute Gasteiger partial charge is 0.482 e. The number of aliphatic carboxylic acids is 1. The lowest BCUT2D eigenvalue weighted by Crippen LogP contribution is -2.09. The van der Waals surface area contributed by atoms with Gasteiger partial charge in [-0.25, -0.2) is 9.78 Å². The van der Waals surface area contributed by atoms with Gasteiger partial charge in [-0.15, -0.1) is 11.3 Å². The van der Waals surface area contributed by atoms with E-state index in [1.165, 1.54) is 0 Å². The van der Waals surface area contributed by atoms with Crippen LogP contribution in [-0.4, -0.2) is 22.7 Å². The predicted molar refractivity (Wildman–Crippen MR) is 65.4 cm³/mol. The van der Waals surface area contributed by atoms with Gasteiger partial charge >= 0.3 is 5.97 Å². The third kappa shape index (κ3) is 2.82. The summed E-state index contributed by atoms with van der Waals surface area (Å²) < 4.78 is 5.13. The van der Waals surface area contributed by atoms with Gasteiger partial charge in [0.25, 0.3) is 0 Å². The van der Waals surface area contributed by atoms with Gasteiger partial charge < -0.3 is 9.84 Å². The number of ether oxygens (including phenoxy) is 1. The molecule has 0 radical (unpaired) electrons. The monoisotopic (exact) mass is 249 g/mol. The van der Waals surface area contributed by atoms with Gasteiger partial charge in [0.15, 0.2) is 6.61 Å². The molecule has 17 heavy (non-hydrogen) atoms. The van der Waals surface area contributed by atoms with Crippen LogP contribution in [0.4, 0.5) is 0 Å². The first-order valence-corrected chi connectivity index (χ1v) is 5.90. The number of rotatable bonds is 4. The molecule has 0 unspecified atom stereocenters. The van der Waals surface area contributed by atoms with Gasteiger partial charge in [-0.1, -0.05) is 12.1 Å². The van der Waals surface area contributed by atoms with Crippen LogP contribution in [0.3, 0.4) is 0 Å². The number of nitrogens with zero attached hydrogens (tertiary/aromatic N) is 1. The van der Waals surface area contributed by atoms with Gasteiger partial charge in [0.1, 0.15) is 5.75 Å². The summed E-state index contributed by atoms with van der Waals surface area (Å²) in [6.07, 6.45) is 0. The van der Waals surface area contributed by atoms with E-state index in [0.29, 0.717) is 5.75 Å². The molecule has 1 N–H and O–H groups in total. The molecule has 0 saturated carbocycles. The summed E-state index contributed by atoms with van der Waals surface area (Å²) in [5, 5.41) is 8.54. The second-order valence-corrected chi connectivity index (χ2v) is 4.33. The second kappa shape index (κ2) is 4.97. The minimum Gasteiger partial charge on any atom is -0.482 e. The summed E-state index contributed by atoms with van der Waals surface area (Å²) in [6, 6.07) is 7.35. The first-order chi connectivity index (χ1) is 8.16. The highest BCUT2D eigenvalue weighted by atomic mass is 32.1. The highest BCUT2D eigenvalue weighted by Crippen LogP contribution is 2.29. The van der Waals surface area contributed by atoms with E-state index in [9.17, 15) is 4.79 Å². The summed E-state index contributed by atoms with van der Waals surface area (Å²) in [5.74, 6) is -0.429. The van der Waals surface area contributed by atoms with Crippen LogP contribution in [0.2, 0.25) is 0 Å². The average molecular weight is 249 g/mol. The predicted octanol–water partition coefficient (Wildman–Crippen LogP) is 2.58. The number of thiazole rings is 1. The highest BCUT2D eigenvalue weighted by molar-refractivity contribution is 7.13. The van der Waals surface area contributed by atoms with Crippen LogP contribution in [0.5, 0.6) is 5.75 Å². The van der Waals surface area contributed by atoms with Crippen LogP contribution in [0.1, 0.15) is 5.69 Å². The fourth-order valence-corrected chi connectivity index (χ4v) is 2.25. The van der Waals surface area contributed by atoms with Crippen LogP contribution in [0, 0.1) is 6.92 Å². The maximum atomic E-state index is 10.4. The zero-order chi connectivity index (χ0) is 12.3. The zero-order valence-corrected chi connectivity index (χ0v) is 10.0. The molecule has 2 rings (SSSR count). The molecule has 0 aliphatic heterocycles. The molecule has 0 aliphatic rings. The third-order valence-corrected chi connectivity index (χ3v) is 3.18. The molecule has 88 valence electrons. The topological polar surface area (TPSA) is 59.4 Å².